The predicted octanol–water partition coefficient (Wildman–Crippen LogP) is 7.54. The van der Waals surface area contributed by atoms with E-state index in [-0.39, 0.29) is 48.0 Å². The molecule has 2 aromatic rings. The van der Waals surface area contributed by atoms with Crippen molar-refractivity contribution in [3.05, 3.63) is 70.1 Å². The Balaban J connectivity index is 1.12. The van der Waals surface area contributed by atoms with E-state index in [2.05, 4.69) is 41.8 Å². The van der Waals surface area contributed by atoms with E-state index in [1.54, 1.807) is 45.1 Å². The number of halogens is 1. The number of hydrogen-bond acceptors (Lipinski definition) is 16. The molecular formula is C57H84ClN3O12S2. The van der Waals surface area contributed by atoms with Crippen molar-refractivity contribution in [2.45, 2.75) is 202 Å². The second-order valence-corrected chi connectivity index (χ2v) is 25.4. The van der Waals surface area contributed by atoms with E-state index in [0.717, 1.165) is 15.3 Å². The molecule has 1 amide bonds. The Morgan fingerprint density at radius 2 is 1.75 bits per heavy atom. The van der Waals surface area contributed by atoms with E-state index in [4.69, 9.17) is 35.3 Å². The molecule has 1 aromatic heterocycles. The number of nitrogens with zero attached hydrogens (tertiary/aromatic N) is 2. The number of thioether (sulfide) groups is 1. The predicted molar refractivity (Wildman–Crippen MR) is 294 cm³/mol. The van der Waals surface area contributed by atoms with Crippen LogP contribution in [-0.4, -0.2) is 171 Å². The van der Waals surface area contributed by atoms with Gasteiger partial charge in [0.2, 0.25) is 5.91 Å². The number of thiophene rings is 1. The third-order valence-corrected chi connectivity index (χ3v) is 18.9. The molecular weight excluding hydrogens is 1020 g/mol. The topological polar surface area (TPSA) is 200 Å². The van der Waals surface area contributed by atoms with Gasteiger partial charge in [-0.1, -0.05) is 62.7 Å². The van der Waals surface area contributed by atoms with Crippen LogP contribution in [-0.2, 0) is 33.3 Å². The van der Waals surface area contributed by atoms with E-state index in [1.807, 2.05) is 81.6 Å². The van der Waals surface area contributed by atoms with Gasteiger partial charge in [0.25, 0.3) is 0 Å². The summed E-state index contributed by atoms with van der Waals surface area (Å²) in [6, 6.07) is 7.22. The lowest BCUT2D eigenvalue weighted by Gasteiger charge is -2.47. The number of allylic oxidation sites excluding steroid dienone is 3. The first-order valence-electron chi connectivity index (χ1n) is 27.0. The summed E-state index contributed by atoms with van der Waals surface area (Å²) in [6.07, 6.45) is 5.01. The Kier molecular flexibility index (Phi) is 20.5. The number of carbonyl (C=O) groups is 2. The molecule has 7 rings (SSSR count). The Bertz CT molecular complexity index is 2340. The smallest absolute Gasteiger partial charge is 0.311 e. The lowest BCUT2D eigenvalue weighted by molar-refractivity contribution is -0.308. The summed E-state index contributed by atoms with van der Waals surface area (Å²) in [4.78, 5) is 35.2. The summed E-state index contributed by atoms with van der Waals surface area (Å²) >= 11 is 9.91. The lowest BCUT2D eigenvalue weighted by Crippen LogP contribution is -2.59. The molecule has 0 saturated carbocycles. The monoisotopic (exact) mass is 1100 g/mol. The Morgan fingerprint density at radius 3 is 2.45 bits per heavy atom. The van der Waals surface area contributed by atoms with Gasteiger partial charge in [-0.25, -0.2) is 0 Å². The minimum atomic E-state index is -1.91. The Hall–Kier alpha value is -2.72. The molecule has 5 heterocycles. The number of cyclic esters (lactones) is 1. The van der Waals surface area contributed by atoms with E-state index < -0.39 is 90.4 Å². The molecule has 3 saturated heterocycles. The van der Waals surface area contributed by atoms with Gasteiger partial charge in [0.15, 0.2) is 12.6 Å². The normalized spacial score (nSPS) is 39.2. The minimum absolute atomic E-state index is 0.166. The number of hydrogen-bond donors (Lipinski definition) is 6. The Morgan fingerprint density at radius 1 is 1.01 bits per heavy atom. The fourth-order valence-electron chi connectivity index (χ4n) is 11.9. The molecule has 18 heteroatoms. The van der Waals surface area contributed by atoms with Crippen LogP contribution in [0.25, 0.3) is 16.5 Å². The summed E-state index contributed by atoms with van der Waals surface area (Å²) in [5, 5.41) is 63.5. The number of amides is 1. The second kappa shape index (κ2) is 25.6. The molecule has 6 N–H and O–H groups in total. The second-order valence-electron chi connectivity index (χ2n) is 22.6. The molecule has 0 radical (unpaired) electrons. The highest BCUT2D eigenvalue weighted by molar-refractivity contribution is 8.00. The molecule has 75 heavy (non-hydrogen) atoms. The molecule has 418 valence electrons. The number of esters is 1. The molecule has 4 aliphatic heterocycles. The van der Waals surface area contributed by atoms with Crippen LogP contribution in [0.2, 0.25) is 5.02 Å². The van der Waals surface area contributed by atoms with Gasteiger partial charge in [-0.05, 0) is 123 Å². The maximum atomic E-state index is 14.5. The van der Waals surface area contributed by atoms with Crippen LogP contribution in [0, 0.1) is 17.8 Å². The van der Waals surface area contributed by atoms with Gasteiger partial charge in [-0.3, -0.25) is 14.5 Å². The van der Waals surface area contributed by atoms with Gasteiger partial charge in [0, 0.05) is 86.5 Å². The maximum absolute atomic E-state index is 14.5. The van der Waals surface area contributed by atoms with Crippen LogP contribution in [0.1, 0.15) is 117 Å². The van der Waals surface area contributed by atoms with Crippen molar-refractivity contribution in [1.29, 1.82) is 0 Å². The number of nitrogens with one attached hydrogen (secondary N) is 1. The zero-order valence-corrected chi connectivity index (χ0v) is 48.0. The molecule has 1 aliphatic carbocycles. The van der Waals surface area contributed by atoms with E-state index >= 15 is 0 Å². The lowest BCUT2D eigenvalue weighted by atomic mass is 9.77. The summed E-state index contributed by atoms with van der Waals surface area (Å²) in [6.45, 7) is 17.0. The van der Waals surface area contributed by atoms with Crippen LogP contribution < -0.4 is 5.32 Å². The van der Waals surface area contributed by atoms with Gasteiger partial charge in [0.05, 0.1) is 42.0 Å². The number of fused-ring (bicyclic) bond motifs is 5. The third-order valence-electron chi connectivity index (χ3n) is 16.2. The molecule has 5 aliphatic rings. The standard InChI is InChI=1S/C57H84ClN3O12S2/c1-12-46-57(9,68)52(65)35(6)61(25-15-24-59-47(63)22-19-38-28-41-39-16-13-14-17-44(39)75-45-27-37(58)18-20-40(45)51(41)74-38)30-31(2)29-56(8,67)53(73-55-49(64)42(60(10)11)26-32(3)69-55)33(4)50(34(5)54(66)71-46)72-48-23-21-43(62)36(7)70-48/h13-14,16-20,22,27-28,31-36,39,42-44,46,48-50,52-53,55,62,64-65,67-68H,12,15,21,23-26,29-30H2,1-11H3,(H,59,63)/b22-19+/t31-,32-,33+,34-,35-,36+,39?,42+,43-,44?,46-,48+,49-,50+,52-,53-,55+,56-,57-/m1/s1. The average Bonchev–Trinajstić information content (AvgIpc) is 3.73. The van der Waals surface area contributed by atoms with Crippen molar-refractivity contribution in [1.82, 2.24) is 15.1 Å². The zero-order chi connectivity index (χ0) is 54.7. The number of rotatable bonds is 12. The number of carbonyl (C=O) groups excluding carboxylic acids is 2. The SMILES string of the molecule is CC[C@H]1OC(=O)[C@H](C)[C@@H](O[C@H]2CC[C@@H](O)[C@H](C)O2)[C@H](C)[C@@H](O[C@@H]2O[C@H](C)C[C@H](N(C)C)[C@H]2O)[C@](C)(O)C[C@@H](C)CN(CCCNC(=O)/C=C/c2cc3c(s2)-c2ccc(Cl)cc2SC2C=CC=CC32)[C@H](C)[C@@H](O)[C@]1(C)O. The van der Waals surface area contributed by atoms with Crippen molar-refractivity contribution in [3.8, 4) is 10.4 Å². The zero-order valence-electron chi connectivity index (χ0n) is 45.6. The molecule has 0 bridgehead atoms. The minimum Gasteiger partial charge on any atom is -0.459 e. The van der Waals surface area contributed by atoms with Gasteiger partial charge in [-0.15, -0.1) is 23.1 Å². The summed E-state index contributed by atoms with van der Waals surface area (Å²) < 4.78 is 32.1. The summed E-state index contributed by atoms with van der Waals surface area (Å²) in [5.74, 6) is -2.80. The number of aliphatic hydroxyl groups is 5. The first kappa shape index (κ1) is 59.9. The number of benzene rings is 1. The average molecular weight is 1100 g/mol. The van der Waals surface area contributed by atoms with E-state index in [9.17, 15) is 35.1 Å². The van der Waals surface area contributed by atoms with Crippen molar-refractivity contribution in [3.63, 3.8) is 0 Å². The first-order chi connectivity index (χ1) is 35.4. The van der Waals surface area contributed by atoms with Crippen LogP contribution in [0.3, 0.4) is 0 Å². The van der Waals surface area contributed by atoms with Gasteiger partial charge < -0.3 is 59.4 Å². The first-order valence-corrected chi connectivity index (χ1v) is 29.1. The maximum Gasteiger partial charge on any atom is 0.311 e. The van der Waals surface area contributed by atoms with Crippen LogP contribution >= 0.6 is 34.7 Å². The molecule has 1 aromatic carbocycles. The van der Waals surface area contributed by atoms with Gasteiger partial charge >= 0.3 is 5.97 Å². The van der Waals surface area contributed by atoms with Crippen molar-refractivity contribution in [2.75, 3.05) is 33.7 Å². The van der Waals surface area contributed by atoms with Crippen molar-refractivity contribution < 1.29 is 58.8 Å². The fraction of sp³-hybridized carbons (Fsp3) is 0.684. The van der Waals surface area contributed by atoms with Crippen molar-refractivity contribution >= 4 is 52.7 Å². The van der Waals surface area contributed by atoms with Gasteiger partial charge in [-0.2, -0.15) is 0 Å². The molecule has 0 spiro atoms. The summed E-state index contributed by atoms with van der Waals surface area (Å²) in [5.41, 5.74) is -1.18. The van der Waals surface area contributed by atoms with Crippen molar-refractivity contribution in [2.24, 2.45) is 17.8 Å². The van der Waals surface area contributed by atoms with Crippen LogP contribution in [0.5, 0.6) is 0 Å². The number of ether oxygens (including phenoxy) is 5. The quantitative estimate of drug-likeness (QED) is 0.0692. The van der Waals surface area contributed by atoms with E-state index in [1.165, 1.54) is 17.4 Å². The van der Waals surface area contributed by atoms with Crippen LogP contribution in [0.15, 0.2) is 59.5 Å². The fourth-order valence-corrected chi connectivity index (χ4v) is 14.7. The highest BCUT2D eigenvalue weighted by atomic mass is 35.5. The largest absolute Gasteiger partial charge is 0.459 e. The van der Waals surface area contributed by atoms with E-state index in [0.29, 0.717) is 50.3 Å². The van der Waals surface area contributed by atoms with Gasteiger partial charge in [0.1, 0.15) is 23.9 Å². The molecule has 19 atom stereocenters. The third kappa shape index (κ3) is 14.2. The highest BCUT2D eigenvalue weighted by Crippen LogP contribution is 2.52. The summed E-state index contributed by atoms with van der Waals surface area (Å²) in [7, 11) is 3.77. The Labute approximate surface area is 458 Å². The van der Waals surface area contributed by atoms with Crippen LogP contribution in [0.4, 0.5) is 0 Å². The number of likely N-dealkylation sites (N-methyl/N-ethyl adjacent to an activating group) is 1. The molecule has 2 unspecified atom stereocenters. The number of aliphatic hydroxyl groups excluding tert-OH is 3. The highest BCUT2D eigenvalue weighted by Gasteiger charge is 2.51. The molecule has 15 nitrogen and oxygen atoms in total. The molecule has 3 fully saturated rings.